The summed E-state index contributed by atoms with van der Waals surface area (Å²) in [6, 6.07) is 0. The lowest BCUT2D eigenvalue weighted by molar-refractivity contribution is -0.152. The van der Waals surface area contributed by atoms with Gasteiger partial charge in [0, 0.05) is 24.9 Å². The molecule has 0 N–H and O–H groups in total. The van der Waals surface area contributed by atoms with E-state index in [1.807, 2.05) is 4.90 Å². The molecule has 1 atom stereocenters. The van der Waals surface area contributed by atoms with Crippen LogP contribution in [0.5, 0.6) is 0 Å². The van der Waals surface area contributed by atoms with E-state index >= 15 is 0 Å². The van der Waals surface area contributed by atoms with Crippen molar-refractivity contribution >= 4 is 5.71 Å². The number of halogens is 3. The lowest BCUT2D eigenvalue weighted by atomic mass is 9.95. The molecule has 0 aromatic rings. The first-order valence-corrected chi connectivity index (χ1v) is 5.53. The van der Waals surface area contributed by atoms with Crippen LogP contribution in [-0.4, -0.2) is 47.9 Å². The number of rotatable bonds is 1. The second-order valence-corrected chi connectivity index (χ2v) is 4.07. The molecule has 0 aromatic heterocycles. The van der Waals surface area contributed by atoms with Crippen molar-refractivity contribution in [3.05, 3.63) is 29.5 Å². The van der Waals surface area contributed by atoms with Gasteiger partial charge in [-0.3, -0.25) is 0 Å². The van der Waals surface area contributed by atoms with Crippen LogP contribution in [0.1, 0.15) is 0 Å². The Kier molecular flexibility index (Phi) is 3.54. The maximum Gasteiger partial charge on any atom is 0.406 e. The lowest BCUT2D eigenvalue weighted by Crippen LogP contribution is -2.38. The topological polar surface area (TPSA) is 48.9 Å². The van der Waals surface area contributed by atoms with E-state index in [1.165, 1.54) is 12.2 Å². The molecule has 1 saturated heterocycles. The van der Waals surface area contributed by atoms with Crippen LogP contribution in [-0.2, 0) is 4.74 Å². The molecule has 0 radical (unpaired) electrons. The SMILES string of the molecule is [N-]=[N+]=C1C=CC(N2CCOCC2)=CC1C(F)(F)F. The predicted octanol–water partition coefficient (Wildman–Crippen LogP) is 1.62. The van der Waals surface area contributed by atoms with E-state index in [1.54, 1.807) is 0 Å². The van der Waals surface area contributed by atoms with Crippen LogP contribution in [0.2, 0.25) is 0 Å². The Morgan fingerprint density at radius 3 is 2.50 bits per heavy atom. The first kappa shape index (κ1) is 12.9. The summed E-state index contributed by atoms with van der Waals surface area (Å²) < 4.78 is 43.6. The fourth-order valence-electron chi connectivity index (χ4n) is 1.98. The summed E-state index contributed by atoms with van der Waals surface area (Å²) in [5.74, 6) is -1.86. The van der Waals surface area contributed by atoms with Gasteiger partial charge in [0.05, 0.1) is 13.2 Å². The molecule has 1 heterocycles. The summed E-state index contributed by atoms with van der Waals surface area (Å²) in [5.41, 5.74) is 8.70. The highest BCUT2D eigenvalue weighted by atomic mass is 19.4. The molecule has 4 nitrogen and oxygen atoms in total. The highest BCUT2D eigenvalue weighted by molar-refractivity contribution is 5.95. The molecule has 0 saturated carbocycles. The minimum atomic E-state index is -4.45. The quantitative estimate of drug-likeness (QED) is 0.530. The number of ether oxygens (including phenoxy) is 1. The average molecular weight is 259 g/mol. The van der Waals surface area contributed by atoms with E-state index in [-0.39, 0.29) is 5.71 Å². The smallest absolute Gasteiger partial charge is 0.378 e. The number of hydrogen-bond acceptors (Lipinski definition) is 2. The van der Waals surface area contributed by atoms with Crippen molar-refractivity contribution in [2.75, 3.05) is 26.3 Å². The molecule has 7 heteroatoms. The van der Waals surface area contributed by atoms with Gasteiger partial charge in [-0.15, -0.1) is 0 Å². The van der Waals surface area contributed by atoms with Gasteiger partial charge < -0.3 is 15.2 Å². The van der Waals surface area contributed by atoms with E-state index < -0.39 is 12.1 Å². The molecule has 1 aliphatic heterocycles. The molecule has 98 valence electrons. The predicted molar refractivity (Wildman–Crippen MR) is 57.8 cm³/mol. The van der Waals surface area contributed by atoms with Crippen molar-refractivity contribution in [2.45, 2.75) is 6.18 Å². The van der Waals surface area contributed by atoms with Crippen LogP contribution >= 0.6 is 0 Å². The number of nitrogens with zero attached hydrogens (tertiary/aromatic N) is 3. The molecular weight excluding hydrogens is 247 g/mol. The second kappa shape index (κ2) is 4.96. The van der Waals surface area contributed by atoms with Gasteiger partial charge in [-0.25, -0.2) is 0 Å². The molecule has 1 unspecified atom stereocenters. The maximum atomic E-state index is 12.8. The highest BCUT2D eigenvalue weighted by Crippen LogP contribution is 2.32. The third kappa shape index (κ3) is 2.63. The Bertz CT molecular complexity index is 429. The molecule has 2 aliphatic rings. The Hall–Kier alpha value is -1.59. The number of alkyl halides is 3. The van der Waals surface area contributed by atoms with Gasteiger partial charge in [-0.05, 0) is 12.2 Å². The van der Waals surface area contributed by atoms with E-state index in [4.69, 9.17) is 10.3 Å². The fraction of sp³-hybridized carbons (Fsp3) is 0.545. The summed E-state index contributed by atoms with van der Waals surface area (Å²) >= 11 is 0. The molecular formula is C11H12F3N3O. The first-order chi connectivity index (χ1) is 8.52. The van der Waals surface area contributed by atoms with E-state index in [0.717, 1.165) is 6.08 Å². The van der Waals surface area contributed by atoms with Gasteiger partial charge in [0.1, 0.15) is 0 Å². The van der Waals surface area contributed by atoms with Crippen LogP contribution in [0.4, 0.5) is 13.2 Å². The first-order valence-electron chi connectivity index (χ1n) is 5.53. The number of morpholine rings is 1. The third-order valence-electron chi connectivity index (χ3n) is 2.93. The van der Waals surface area contributed by atoms with Crippen molar-refractivity contribution in [3.63, 3.8) is 0 Å². The number of hydrogen-bond donors (Lipinski definition) is 0. The lowest BCUT2D eigenvalue weighted by Gasteiger charge is -2.31. The Balaban J connectivity index is 2.25. The molecule has 0 amide bonds. The molecule has 0 bridgehead atoms. The van der Waals surface area contributed by atoms with Gasteiger partial charge >= 0.3 is 11.9 Å². The Morgan fingerprint density at radius 2 is 1.94 bits per heavy atom. The molecule has 1 fully saturated rings. The van der Waals surface area contributed by atoms with Gasteiger partial charge in [-0.2, -0.15) is 18.0 Å². The van der Waals surface area contributed by atoms with E-state index in [9.17, 15) is 13.2 Å². The van der Waals surface area contributed by atoms with Crippen molar-refractivity contribution in [1.29, 1.82) is 0 Å². The summed E-state index contributed by atoms with van der Waals surface area (Å²) in [6.45, 7) is 2.13. The van der Waals surface area contributed by atoms with E-state index in [2.05, 4.69) is 4.79 Å². The van der Waals surface area contributed by atoms with Crippen molar-refractivity contribution in [1.82, 2.24) is 4.90 Å². The van der Waals surface area contributed by atoms with Gasteiger partial charge in [0.15, 0.2) is 5.92 Å². The van der Waals surface area contributed by atoms with Crippen molar-refractivity contribution in [2.24, 2.45) is 5.92 Å². The summed E-state index contributed by atoms with van der Waals surface area (Å²) in [4.78, 5) is 4.52. The largest absolute Gasteiger partial charge is 0.406 e. The van der Waals surface area contributed by atoms with Crippen LogP contribution in [0.25, 0.3) is 5.53 Å². The maximum absolute atomic E-state index is 12.8. The molecule has 18 heavy (non-hydrogen) atoms. The van der Waals surface area contributed by atoms with Gasteiger partial charge in [-0.1, -0.05) is 0 Å². The minimum absolute atomic E-state index is 0.389. The highest BCUT2D eigenvalue weighted by Gasteiger charge is 2.46. The third-order valence-corrected chi connectivity index (χ3v) is 2.93. The van der Waals surface area contributed by atoms with Crippen LogP contribution in [0.15, 0.2) is 23.9 Å². The fourth-order valence-corrected chi connectivity index (χ4v) is 1.98. The summed E-state index contributed by atoms with van der Waals surface area (Å²) in [6.07, 6.45) is -0.643. The summed E-state index contributed by atoms with van der Waals surface area (Å²) in [7, 11) is 0. The zero-order chi connectivity index (χ0) is 13.2. The molecule has 0 aromatic carbocycles. The van der Waals surface area contributed by atoms with Gasteiger partial charge in [0.25, 0.3) is 0 Å². The minimum Gasteiger partial charge on any atom is -0.378 e. The normalized spacial score (nSPS) is 24.8. The molecule has 1 aliphatic carbocycles. The van der Waals surface area contributed by atoms with Crippen LogP contribution in [0, 0.1) is 5.92 Å². The summed E-state index contributed by atoms with van der Waals surface area (Å²) in [5, 5.41) is 0. The zero-order valence-corrected chi connectivity index (χ0v) is 9.52. The average Bonchev–Trinajstić information content (AvgIpc) is 2.38. The zero-order valence-electron chi connectivity index (χ0n) is 9.52. The van der Waals surface area contributed by atoms with Crippen LogP contribution < -0.4 is 0 Å². The molecule has 0 spiro atoms. The standard InChI is InChI=1S/C11H12F3N3O/c12-11(13,14)9-7-8(1-2-10(9)16-15)17-3-5-18-6-4-17/h1-2,7,9H,3-6H2. The Labute approximate surface area is 102 Å². The van der Waals surface area contributed by atoms with Crippen molar-refractivity contribution < 1.29 is 22.7 Å². The Morgan fingerprint density at radius 1 is 1.28 bits per heavy atom. The second-order valence-electron chi connectivity index (χ2n) is 4.07. The monoisotopic (exact) mass is 259 g/mol. The van der Waals surface area contributed by atoms with Gasteiger partial charge in [0.2, 0.25) is 0 Å². The van der Waals surface area contributed by atoms with E-state index in [0.29, 0.717) is 32.0 Å². The number of allylic oxidation sites excluding steroid dienone is 3. The van der Waals surface area contributed by atoms with Crippen LogP contribution in [0.3, 0.4) is 0 Å². The van der Waals surface area contributed by atoms with Crippen molar-refractivity contribution in [3.8, 4) is 0 Å². The molecule has 2 rings (SSSR count).